The highest BCUT2D eigenvalue weighted by molar-refractivity contribution is 5.99. The molecule has 1 unspecified atom stereocenters. The summed E-state index contributed by atoms with van der Waals surface area (Å²) in [6.07, 6.45) is 11.5. The fourth-order valence-corrected chi connectivity index (χ4v) is 4.90. The van der Waals surface area contributed by atoms with Crippen molar-refractivity contribution in [2.24, 2.45) is 5.92 Å². The molecule has 3 N–H and O–H groups in total. The number of benzene rings is 1. The number of H-pyrrole nitrogens is 1. The Balaban J connectivity index is 1.93. The molecular formula is C25H39N3O2. The highest BCUT2D eigenvalue weighted by Crippen LogP contribution is 2.35. The summed E-state index contributed by atoms with van der Waals surface area (Å²) in [5.74, 6) is 0.151. The van der Waals surface area contributed by atoms with Gasteiger partial charge in [-0.1, -0.05) is 58.9 Å². The van der Waals surface area contributed by atoms with Crippen LogP contribution < -0.4 is 10.2 Å². The molecule has 166 valence electrons. The lowest BCUT2D eigenvalue weighted by molar-refractivity contribution is -0.124. The first-order valence-electron chi connectivity index (χ1n) is 11.7. The number of carbonyl (C=O) groups excluding carboxylic acids is 1. The number of likely N-dealkylation sites (N-methyl/N-ethyl adjacent to an activating group) is 1. The van der Waals surface area contributed by atoms with Crippen LogP contribution in [0.15, 0.2) is 18.3 Å². The third kappa shape index (κ3) is 4.83. The van der Waals surface area contributed by atoms with Crippen LogP contribution in [0.3, 0.4) is 0 Å². The molecule has 5 heteroatoms. The average Bonchev–Trinajstić information content (AvgIpc) is 3.14. The molecule has 3 rings (SSSR count). The summed E-state index contributed by atoms with van der Waals surface area (Å²) < 4.78 is 0. The standard InChI is InChI=1S/C25H39N3O2/c1-5-6-7-8-9-10-11-18-12-13-21-22-19(15-26-23(18)22)14-20(16-29)27-25(30)24(17(2)3)28(21)4/h12-13,15,17,20,24,26,29H,5-11,14,16H2,1-4H3,(H,27,30)/t20-,24?/m0/s1. The topological polar surface area (TPSA) is 68.4 Å². The summed E-state index contributed by atoms with van der Waals surface area (Å²) >= 11 is 0. The number of unbranched alkanes of at least 4 members (excludes halogenated alkanes) is 5. The monoisotopic (exact) mass is 413 g/mol. The molecule has 0 saturated carbocycles. The van der Waals surface area contributed by atoms with Crippen molar-refractivity contribution in [1.29, 1.82) is 0 Å². The second kappa shape index (κ2) is 10.3. The van der Waals surface area contributed by atoms with E-state index in [0.29, 0.717) is 6.42 Å². The van der Waals surface area contributed by atoms with Gasteiger partial charge in [0.1, 0.15) is 6.04 Å². The van der Waals surface area contributed by atoms with Gasteiger partial charge in [-0.05, 0) is 42.4 Å². The molecule has 0 saturated heterocycles. The second-order valence-corrected chi connectivity index (χ2v) is 9.22. The van der Waals surface area contributed by atoms with Crippen molar-refractivity contribution in [2.45, 2.75) is 84.2 Å². The first kappa shape index (κ1) is 22.7. The Kier molecular flexibility index (Phi) is 7.81. The van der Waals surface area contributed by atoms with E-state index >= 15 is 0 Å². The van der Waals surface area contributed by atoms with Crippen molar-refractivity contribution in [2.75, 3.05) is 18.6 Å². The van der Waals surface area contributed by atoms with E-state index in [1.807, 2.05) is 7.05 Å². The summed E-state index contributed by atoms with van der Waals surface area (Å²) in [6.45, 7) is 6.35. The van der Waals surface area contributed by atoms with Crippen molar-refractivity contribution in [1.82, 2.24) is 10.3 Å². The first-order chi connectivity index (χ1) is 14.5. The minimum atomic E-state index is -0.271. The smallest absolute Gasteiger partial charge is 0.243 e. The molecule has 2 heterocycles. The van der Waals surface area contributed by atoms with Crippen LogP contribution in [-0.4, -0.2) is 41.7 Å². The predicted octanol–water partition coefficient (Wildman–Crippen LogP) is 4.56. The number of hydrogen-bond donors (Lipinski definition) is 3. The summed E-state index contributed by atoms with van der Waals surface area (Å²) in [5.41, 5.74) is 4.81. The quantitative estimate of drug-likeness (QED) is 0.528. The maximum absolute atomic E-state index is 13.0. The van der Waals surface area contributed by atoms with Gasteiger partial charge in [0.2, 0.25) is 5.91 Å². The molecule has 1 aliphatic rings. The van der Waals surface area contributed by atoms with E-state index in [2.05, 4.69) is 54.3 Å². The largest absolute Gasteiger partial charge is 0.394 e. The summed E-state index contributed by atoms with van der Waals surface area (Å²) in [4.78, 5) is 18.6. The van der Waals surface area contributed by atoms with Gasteiger partial charge in [0.15, 0.2) is 0 Å². The molecule has 1 aromatic carbocycles. The summed E-state index contributed by atoms with van der Waals surface area (Å²) in [6, 6.07) is 3.89. The Morgan fingerprint density at radius 3 is 2.60 bits per heavy atom. The maximum Gasteiger partial charge on any atom is 0.243 e. The van der Waals surface area contributed by atoms with Gasteiger partial charge >= 0.3 is 0 Å². The van der Waals surface area contributed by atoms with Crippen LogP contribution in [0.25, 0.3) is 10.9 Å². The maximum atomic E-state index is 13.0. The van der Waals surface area contributed by atoms with E-state index in [4.69, 9.17) is 0 Å². The molecule has 0 aliphatic carbocycles. The van der Waals surface area contributed by atoms with Gasteiger partial charge in [-0.2, -0.15) is 0 Å². The number of aromatic nitrogens is 1. The van der Waals surface area contributed by atoms with Crippen molar-refractivity contribution in [3.8, 4) is 0 Å². The van der Waals surface area contributed by atoms with E-state index in [1.165, 1.54) is 60.6 Å². The van der Waals surface area contributed by atoms with Crippen LogP contribution in [0.2, 0.25) is 0 Å². The molecule has 30 heavy (non-hydrogen) atoms. The van der Waals surface area contributed by atoms with E-state index in [-0.39, 0.29) is 30.5 Å². The van der Waals surface area contributed by atoms with Gasteiger partial charge in [-0.15, -0.1) is 0 Å². The lowest BCUT2D eigenvalue weighted by Crippen LogP contribution is -2.52. The van der Waals surface area contributed by atoms with Crippen molar-refractivity contribution >= 4 is 22.5 Å². The Morgan fingerprint density at radius 2 is 1.90 bits per heavy atom. The zero-order valence-electron chi connectivity index (χ0n) is 19.1. The van der Waals surface area contributed by atoms with E-state index in [1.54, 1.807) is 0 Å². The predicted molar refractivity (Wildman–Crippen MR) is 125 cm³/mol. The Bertz CT molecular complexity index is 842. The molecule has 1 amide bonds. The van der Waals surface area contributed by atoms with Gasteiger partial charge in [-0.25, -0.2) is 0 Å². The van der Waals surface area contributed by atoms with Crippen LogP contribution in [-0.2, 0) is 17.6 Å². The summed E-state index contributed by atoms with van der Waals surface area (Å²) in [7, 11) is 2.02. The third-order valence-corrected chi connectivity index (χ3v) is 6.51. The lowest BCUT2D eigenvalue weighted by atomic mass is 9.97. The molecular weight excluding hydrogens is 374 g/mol. The van der Waals surface area contributed by atoms with E-state index < -0.39 is 0 Å². The zero-order valence-corrected chi connectivity index (χ0v) is 19.1. The van der Waals surface area contributed by atoms with Crippen molar-refractivity contribution < 1.29 is 9.90 Å². The van der Waals surface area contributed by atoms with Crippen molar-refractivity contribution in [3.05, 3.63) is 29.5 Å². The number of aliphatic hydroxyl groups excluding tert-OH is 1. The Morgan fingerprint density at radius 1 is 1.17 bits per heavy atom. The Labute approximate surface area is 181 Å². The fraction of sp³-hybridized carbons (Fsp3) is 0.640. The van der Waals surface area contributed by atoms with E-state index in [0.717, 1.165) is 12.1 Å². The summed E-state index contributed by atoms with van der Waals surface area (Å²) in [5, 5.41) is 14.1. The van der Waals surface area contributed by atoms with Gasteiger partial charge in [-0.3, -0.25) is 4.79 Å². The number of rotatable bonds is 9. The van der Waals surface area contributed by atoms with Crippen LogP contribution in [0.1, 0.15) is 70.4 Å². The molecule has 1 aromatic heterocycles. The molecule has 5 nitrogen and oxygen atoms in total. The number of nitrogens with one attached hydrogen (secondary N) is 2. The van der Waals surface area contributed by atoms with Gasteiger partial charge in [0.25, 0.3) is 0 Å². The number of anilines is 1. The molecule has 1 aliphatic heterocycles. The highest BCUT2D eigenvalue weighted by Gasteiger charge is 2.32. The van der Waals surface area contributed by atoms with Gasteiger partial charge < -0.3 is 20.3 Å². The van der Waals surface area contributed by atoms with Crippen LogP contribution in [0, 0.1) is 5.92 Å². The molecule has 2 atom stereocenters. The van der Waals surface area contributed by atoms with Gasteiger partial charge in [0.05, 0.1) is 18.2 Å². The molecule has 2 aromatic rings. The Hall–Kier alpha value is -2.01. The molecule has 0 spiro atoms. The number of aryl methyl sites for hydroxylation is 1. The number of aromatic amines is 1. The molecule has 0 bridgehead atoms. The minimum Gasteiger partial charge on any atom is -0.394 e. The third-order valence-electron chi connectivity index (χ3n) is 6.51. The number of aliphatic hydroxyl groups is 1. The SMILES string of the molecule is CCCCCCCCc1ccc2c3c(c[nH]c13)C[C@@H](CO)NC(=O)C(C(C)C)N2C. The molecule has 0 radical (unpaired) electrons. The van der Waals surface area contributed by atoms with Crippen LogP contribution in [0.5, 0.6) is 0 Å². The van der Waals surface area contributed by atoms with Gasteiger partial charge in [0, 0.05) is 24.3 Å². The fourth-order valence-electron chi connectivity index (χ4n) is 4.90. The lowest BCUT2D eigenvalue weighted by Gasteiger charge is -2.32. The normalized spacial score (nSPS) is 19.7. The molecule has 0 fully saturated rings. The second-order valence-electron chi connectivity index (χ2n) is 9.22. The van der Waals surface area contributed by atoms with Crippen LogP contribution in [0.4, 0.5) is 5.69 Å². The minimum absolute atomic E-state index is 0.00927. The zero-order chi connectivity index (χ0) is 21.7. The van der Waals surface area contributed by atoms with Crippen molar-refractivity contribution in [3.63, 3.8) is 0 Å². The highest BCUT2D eigenvalue weighted by atomic mass is 16.3. The number of amides is 1. The number of nitrogens with zero attached hydrogens (tertiary/aromatic N) is 1. The average molecular weight is 414 g/mol. The number of hydrogen-bond acceptors (Lipinski definition) is 3. The first-order valence-corrected chi connectivity index (χ1v) is 11.7. The number of carbonyl (C=O) groups is 1. The van der Waals surface area contributed by atoms with Crippen LogP contribution >= 0.6 is 0 Å². The van der Waals surface area contributed by atoms with E-state index in [9.17, 15) is 9.90 Å².